The van der Waals surface area contributed by atoms with Crippen LogP contribution in [0.4, 0.5) is 4.79 Å². The van der Waals surface area contributed by atoms with Crippen molar-refractivity contribution in [2.45, 2.75) is 52.7 Å². The number of amides is 1. The van der Waals surface area contributed by atoms with Crippen LogP contribution in [0, 0.1) is 17.2 Å². The van der Waals surface area contributed by atoms with Gasteiger partial charge in [-0.15, -0.1) is 10.2 Å². The molecule has 1 aromatic heterocycles. The first-order valence-corrected chi connectivity index (χ1v) is 12.3. The van der Waals surface area contributed by atoms with Gasteiger partial charge in [0, 0.05) is 17.7 Å². The molecule has 8 heteroatoms. The first-order chi connectivity index (χ1) is 16.3. The zero-order valence-electron chi connectivity index (χ0n) is 19.8. The van der Waals surface area contributed by atoms with Crippen LogP contribution in [-0.2, 0) is 6.42 Å². The van der Waals surface area contributed by atoms with E-state index in [0.717, 1.165) is 33.1 Å². The van der Waals surface area contributed by atoms with E-state index < -0.39 is 6.09 Å². The number of benzene rings is 2. The van der Waals surface area contributed by atoms with E-state index in [4.69, 9.17) is 4.74 Å². The molecule has 4 rings (SSSR count). The van der Waals surface area contributed by atoms with Gasteiger partial charge in [0.15, 0.2) is 0 Å². The highest BCUT2D eigenvalue weighted by molar-refractivity contribution is 7.17. The molecule has 1 aliphatic heterocycles. The molecular formula is C26H28N4O3S. The van der Waals surface area contributed by atoms with Crippen molar-refractivity contribution in [2.75, 3.05) is 6.54 Å². The van der Waals surface area contributed by atoms with Crippen LogP contribution in [0.3, 0.4) is 0 Å². The van der Waals surface area contributed by atoms with Gasteiger partial charge in [-0.1, -0.05) is 37.3 Å². The summed E-state index contributed by atoms with van der Waals surface area (Å²) in [6.45, 7) is 8.57. The number of ether oxygens (including phenoxy) is 1. The minimum absolute atomic E-state index is 0.0159. The van der Waals surface area contributed by atoms with Gasteiger partial charge >= 0.3 is 6.09 Å². The van der Waals surface area contributed by atoms with Crippen LogP contribution in [-0.4, -0.2) is 38.9 Å². The lowest BCUT2D eigenvalue weighted by atomic mass is 9.87. The van der Waals surface area contributed by atoms with Gasteiger partial charge in [0.1, 0.15) is 21.8 Å². The number of nitrogens with zero attached hydrogens (tertiary/aromatic N) is 4. The normalized spacial score (nSPS) is 15.3. The van der Waals surface area contributed by atoms with Crippen LogP contribution >= 0.6 is 11.3 Å². The number of fused-ring (bicyclic) bond motifs is 1. The average Bonchev–Trinajstić information content (AvgIpc) is 3.28. The maximum Gasteiger partial charge on any atom is 0.407 e. The van der Waals surface area contributed by atoms with Crippen molar-refractivity contribution in [3.63, 3.8) is 0 Å². The summed E-state index contributed by atoms with van der Waals surface area (Å²) in [5.41, 5.74) is 4.50. The Morgan fingerprint density at radius 2 is 1.85 bits per heavy atom. The highest BCUT2D eigenvalue weighted by Gasteiger charge is 2.31. The molecule has 2 aromatic carbocycles. The Hall–Kier alpha value is -3.44. The van der Waals surface area contributed by atoms with Crippen molar-refractivity contribution in [1.82, 2.24) is 15.1 Å². The fraction of sp³-hybridized carbons (Fsp3) is 0.385. The number of carbonyl (C=O) groups is 1. The zero-order valence-corrected chi connectivity index (χ0v) is 20.6. The first kappa shape index (κ1) is 23.7. The molecule has 0 spiro atoms. The van der Waals surface area contributed by atoms with E-state index in [1.165, 1.54) is 16.9 Å². The molecule has 1 N–H and O–H groups in total. The zero-order chi connectivity index (χ0) is 24.4. The Bertz CT molecular complexity index is 1250. The van der Waals surface area contributed by atoms with Gasteiger partial charge in [0.2, 0.25) is 0 Å². The van der Waals surface area contributed by atoms with Gasteiger partial charge in [0.05, 0.1) is 17.7 Å². The smallest absolute Gasteiger partial charge is 0.407 e. The summed E-state index contributed by atoms with van der Waals surface area (Å²) in [5, 5.41) is 29.5. The van der Waals surface area contributed by atoms with Gasteiger partial charge in [-0.3, -0.25) is 0 Å². The number of carboxylic acid groups (broad SMARTS) is 1. The van der Waals surface area contributed by atoms with E-state index >= 15 is 0 Å². The summed E-state index contributed by atoms with van der Waals surface area (Å²) in [6, 6.07) is 13.7. The Morgan fingerprint density at radius 1 is 1.18 bits per heavy atom. The fourth-order valence-electron chi connectivity index (χ4n) is 4.34. The van der Waals surface area contributed by atoms with Crippen LogP contribution in [0.15, 0.2) is 36.4 Å². The minimum Gasteiger partial charge on any atom is -0.490 e. The van der Waals surface area contributed by atoms with E-state index in [1.807, 2.05) is 32.0 Å². The van der Waals surface area contributed by atoms with Crippen LogP contribution in [0.2, 0.25) is 0 Å². The summed E-state index contributed by atoms with van der Waals surface area (Å²) in [5.74, 6) is 0.950. The highest BCUT2D eigenvalue weighted by atomic mass is 32.1. The second-order valence-corrected chi connectivity index (χ2v) is 10.2. The second kappa shape index (κ2) is 9.82. The lowest BCUT2D eigenvalue weighted by Crippen LogP contribution is -2.39. The Kier molecular flexibility index (Phi) is 6.85. The SMILES string of the molecule is CC(C)CC1c2ccc(-c3nnc(-c4ccc(OC(C)C)c(C#N)c4)s3)cc2CCN1C(=O)O. The third-order valence-corrected chi connectivity index (χ3v) is 6.84. The number of rotatable bonds is 6. The molecule has 1 atom stereocenters. The maximum atomic E-state index is 11.8. The molecule has 0 saturated carbocycles. The molecule has 1 amide bonds. The fourth-order valence-corrected chi connectivity index (χ4v) is 5.17. The van der Waals surface area contributed by atoms with Gasteiger partial charge in [-0.25, -0.2) is 4.79 Å². The molecule has 1 unspecified atom stereocenters. The van der Waals surface area contributed by atoms with Crippen LogP contribution < -0.4 is 4.74 Å². The highest BCUT2D eigenvalue weighted by Crippen LogP contribution is 2.38. The standard InChI is InChI=1S/C26H28N4O3S/c1-15(2)11-22-21-7-5-18(12-17(21)9-10-30(22)26(31)32)24-28-29-25(34-24)19-6-8-23(33-16(3)4)20(13-19)14-27/h5-8,12-13,15-16,22H,9-11H2,1-4H3,(H,31,32). The molecule has 0 fully saturated rings. The third-order valence-electron chi connectivity index (χ3n) is 5.82. The molecule has 34 heavy (non-hydrogen) atoms. The minimum atomic E-state index is -0.865. The quantitative estimate of drug-likeness (QED) is 0.458. The van der Waals surface area contributed by atoms with Gasteiger partial charge in [-0.05, 0) is 68.0 Å². The largest absolute Gasteiger partial charge is 0.490 e. The molecular weight excluding hydrogens is 448 g/mol. The molecule has 0 saturated heterocycles. The predicted molar refractivity (Wildman–Crippen MR) is 132 cm³/mol. The molecule has 0 bridgehead atoms. The molecule has 1 aliphatic rings. The average molecular weight is 477 g/mol. The second-order valence-electron chi connectivity index (χ2n) is 9.19. The first-order valence-electron chi connectivity index (χ1n) is 11.4. The van der Waals surface area contributed by atoms with Gasteiger partial charge in [-0.2, -0.15) is 5.26 Å². The van der Waals surface area contributed by atoms with Crippen molar-refractivity contribution in [2.24, 2.45) is 5.92 Å². The van der Waals surface area contributed by atoms with Crippen molar-refractivity contribution < 1.29 is 14.6 Å². The Morgan fingerprint density at radius 3 is 2.47 bits per heavy atom. The van der Waals surface area contributed by atoms with Crippen LogP contribution in [0.25, 0.3) is 21.1 Å². The van der Waals surface area contributed by atoms with E-state index in [1.54, 1.807) is 17.0 Å². The summed E-state index contributed by atoms with van der Waals surface area (Å²) in [6.07, 6.45) is 0.589. The van der Waals surface area contributed by atoms with Crippen molar-refractivity contribution in [1.29, 1.82) is 5.26 Å². The van der Waals surface area contributed by atoms with E-state index in [0.29, 0.717) is 30.2 Å². The Balaban J connectivity index is 1.63. The van der Waals surface area contributed by atoms with E-state index in [2.05, 4.69) is 36.2 Å². The van der Waals surface area contributed by atoms with E-state index in [9.17, 15) is 15.2 Å². The Labute approximate surface area is 203 Å². The molecule has 0 radical (unpaired) electrons. The van der Waals surface area contributed by atoms with Crippen molar-refractivity contribution >= 4 is 17.4 Å². The molecule has 2 heterocycles. The number of nitriles is 1. The molecule has 7 nitrogen and oxygen atoms in total. The number of hydrogen-bond acceptors (Lipinski definition) is 6. The monoisotopic (exact) mass is 476 g/mol. The summed E-state index contributed by atoms with van der Waals surface area (Å²) >= 11 is 1.47. The van der Waals surface area contributed by atoms with E-state index in [-0.39, 0.29) is 12.1 Å². The summed E-state index contributed by atoms with van der Waals surface area (Å²) in [7, 11) is 0. The van der Waals surface area contributed by atoms with Gasteiger partial charge in [0.25, 0.3) is 0 Å². The lowest BCUT2D eigenvalue weighted by molar-refractivity contribution is 0.113. The summed E-state index contributed by atoms with van der Waals surface area (Å²) in [4.78, 5) is 13.3. The van der Waals surface area contributed by atoms with Crippen molar-refractivity contribution in [3.8, 4) is 33.0 Å². The number of hydrogen-bond donors (Lipinski definition) is 1. The molecule has 176 valence electrons. The summed E-state index contributed by atoms with van der Waals surface area (Å²) < 4.78 is 5.71. The lowest BCUT2D eigenvalue weighted by Gasteiger charge is -2.36. The molecule has 0 aliphatic carbocycles. The predicted octanol–water partition coefficient (Wildman–Crippen LogP) is 6.15. The third kappa shape index (κ3) is 4.90. The van der Waals surface area contributed by atoms with Crippen LogP contribution in [0.5, 0.6) is 5.75 Å². The topological polar surface area (TPSA) is 99.3 Å². The number of aromatic nitrogens is 2. The maximum absolute atomic E-state index is 11.8. The van der Waals surface area contributed by atoms with Gasteiger partial charge < -0.3 is 14.7 Å². The van der Waals surface area contributed by atoms with Crippen LogP contribution in [0.1, 0.15) is 56.8 Å². The molecule has 3 aromatic rings. The van der Waals surface area contributed by atoms with Crippen molar-refractivity contribution in [3.05, 3.63) is 53.1 Å².